The average Bonchev–Trinajstić information content (AvgIpc) is 3.21. The standard InChI is InChI=1S/C33H46N2O6/c1-7-34(8-2)19-11-20-35-30(25-14-17-27(28(22-25)40-10-4)41-21-18-23(5)6)29(32(37)33(35)38)31(36)24-12-15-26(16-13-24)39-9-3/h12-17,22-23,30,36H,7-11,18-21H2,1-6H3. The smallest absolute Gasteiger partial charge is 0.295 e. The van der Waals surface area contributed by atoms with Crippen LogP contribution < -0.4 is 14.2 Å². The highest BCUT2D eigenvalue weighted by atomic mass is 16.5. The highest BCUT2D eigenvalue weighted by molar-refractivity contribution is 6.46. The van der Waals surface area contributed by atoms with E-state index in [0.29, 0.717) is 67.1 Å². The van der Waals surface area contributed by atoms with Gasteiger partial charge in [-0.15, -0.1) is 0 Å². The number of likely N-dealkylation sites (tertiary alicyclic amines) is 1. The second-order valence-electron chi connectivity index (χ2n) is 10.5. The first kappa shape index (κ1) is 32.0. The number of aliphatic hydroxyl groups excluding tert-OH is 1. The Morgan fingerprint density at radius 3 is 2.22 bits per heavy atom. The summed E-state index contributed by atoms with van der Waals surface area (Å²) in [5, 5.41) is 11.4. The Bertz CT molecular complexity index is 1190. The summed E-state index contributed by atoms with van der Waals surface area (Å²) in [4.78, 5) is 30.7. The van der Waals surface area contributed by atoms with E-state index in [1.54, 1.807) is 29.2 Å². The molecule has 0 aromatic heterocycles. The zero-order valence-electron chi connectivity index (χ0n) is 25.4. The summed E-state index contributed by atoms with van der Waals surface area (Å²) >= 11 is 0. The fraction of sp³-hybridized carbons (Fsp3) is 0.515. The number of carbonyl (C=O) groups excluding carboxylic acids is 2. The largest absolute Gasteiger partial charge is 0.507 e. The summed E-state index contributed by atoms with van der Waals surface area (Å²) in [6, 6.07) is 11.6. The SMILES string of the molecule is CCOc1ccc(C(O)=C2C(=O)C(=O)N(CCCN(CC)CC)C2c2ccc(OCCC(C)C)c(OCC)c2)cc1. The number of hydrogen-bond donors (Lipinski definition) is 1. The fourth-order valence-corrected chi connectivity index (χ4v) is 4.98. The van der Waals surface area contributed by atoms with Crippen molar-refractivity contribution < 1.29 is 28.9 Å². The molecule has 224 valence electrons. The van der Waals surface area contributed by atoms with Crippen molar-refractivity contribution in [3.8, 4) is 17.2 Å². The fourth-order valence-electron chi connectivity index (χ4n) is 4.98. The maximum Gasteiger partial charge on any atom is 0.295 e. The first-order chi connectivity index (χ1) is 19.7. The first-order valence-corrected chi connectivity index (χ1v) is 14.9. The molecule has 41 heavy (non-hydrogen) atoms. The molecule has 1 aliphatic rings. The third-order valence-corrected chi connectivity index (χ3v) is 7.28. The van der Waals surface area contributed by atoms with Crippen molar-refractivity contribution >= 4 is 17.4 Å². The van der Waals surface area contributed by atoms with Gasteiger partial charge in [0, 0.05) is 12.1 Å². The van der Waals surface area contributed by atoms with E-state index in [1.165, 1.54) is 0 Å². The monoisotopic (exact) mass is 566 g/mol. The number of rotatable bonds is 16. The van der Waals surface area contributed by atoms with Gasteiger partial charge in [0.15, 0.2) is 11.5 Å². The van der Waals surface area contributed by atoms with Crippen molar-refractivity contribution in [1.82, 2.24) is 9.80 Å². The number of hydrogen-bond acceptors (Lipinski definition) is 7. The summed E-state index contributed by atoms with van der Waals surface area (Å²) in [7, 11) is 0. The minimum atomic E-state index is -0.762. The van der Waals surface area contributed by atoms with E-state index in [9.17, 15) is 14.7 Å². The lowest BCUT2D eigenvalue weighted by molar-refractivity contribution is -0.140. The normalized spacial score (nSPS) is 16.6. The van der Waals surface area contributed by atoms with Crippen LogP contribution in [0.25, 0.3) is 5.76 Å². The third-order valence-electron chi connectivity index (χ3n) is 7.28. The summed E-state index contributed by atoms with van der Waals surface area (Å²) < 4.78 is 17.5. The minimum Gasteiger partial charge on any atom is -0.507 e. The molecule has 2 aromatic rings. The Balaban J connectivity index is 2.06. The molecule has 1 fully saturated rings. The van der Waals surface area contributed by atoms with E-state index in [-0.39, 0.29) is 11.3 Å². The molecule has 1 amide bonds. The molecule has 1 unspecified atom stereocenters. The van der Waals surface area contributed by atoms with Crippen LogP contribution in [0.15, 0.2) is 48.0 Å². The predicted octanol–water partition coefficient (Wildman–Crippen LogP) is 6.06. The maximum absolute atomic E-state index is 13.5. The highest BCUT2D eigenvalue weighted by Gasteiger charge is 2.46. The van der Waals surface area contributed by atoms with Crippen LogP contribution in [0.4, 0.5) is 0 Å². The van der Waals surface area contributed by atoms with Gasteiger partial charge in [-0.2, -0.15) is 0 Å². The van der Waals surface area contributed by atoms with Crippen LogP contribution in [0.3, 0.4) is 0 Å². The lowest BCUT2D eigenvalue weighted by Crippen LogP contribution is -2.33. The van der Waals surface area contributed by atoms with Gasteiger partial charge < -0.3 is 29.1 Å². The zero-order valence-corrected chi connectivity index (χ0v) is 25.4. The van der Waals surface area contributed by atoms with Gasteiger partial charge in [-0.3, -0.25) is 9.59 Å². The molecule has 1 heterocycles. The van der Waals surface area contributed by atoms with E-state index in [2.05, 4.69) is 32.6 Å². The van der Waals surface area contributed by atoms with Crippen LogP contribution >= 0.6 is 0 Å². The number of amides is 1. The Hall–Kier alpha value is -3.52. The van der Waals surface area contributed by atoms with Crippen molar-refractivity contribution in [3.05, 3.63) is 59.2 Å². The molecule has 0 radical (unpaired) electrons. The van der Waals surface area contributed by atoms with Gasteiger partial charge in [-0.25, -0.2) is 0 Å². The van der Waals surface area contributed by atoms with Crippen molar-refractivity contribution in [1.29, 1.82) is 0 Å². The van der Waals surface area contributed by atoms with Crippen molar-refractivity contribution in [2.45, 2.75) is 60.4 Å². The van der Waals surface area contributed by atoms with Gasteiger partial charge in [-0.1, -0.05) is 33.8 Å². The number of Topliss-reactive ketones (excluding diaryl/α,β-unsaturated/α-hetero) is 1. The molecular formula is C33H46N2O6. The molecule has 3 rings (SSSR count). The van der Waals surface area contributed by atoms with E-state index in [0.717, 1.165) is 26.1 Å². The van der Waals surface area contributed by atoms with E-state index < -0.39 is 17.7 Å². The van der Waals surface area contributed by atoms with Crippen molar-refractivity contribution in [2.75, 3.05) is 46.0 Å². The Kier molecular flexibility index (Phi) is 12.1. The number of carbonyl (C=O) groups is 2. The molecule has 0 aliphatic carbocycles. The summed E-state index contributed by atoms with van der Waals surface area (Å²) in [6.45, 7) is 16.8. The zero-order chi connectivity index (χ0) is 29.9. The molecule has 1 aliphatic heterocycles. The van der Waals surface area contributed by atoms with E-state index in [4.69, 9.17) is 14.2 Å². The van der Waals surface area contributed by atoms with E-state index >= 15 is 0 Å². The Labute approximate surface area is 244 Å². The lowest BCUT2D eigenvalue weighted by Gasteiger charge is -2.27. The van der Waals surface area contributed by atoms with Crippen LogP contribution in [0, 0.1) is 5.92 Å². The molecule has 0 spiro atoms. The van der Waals surface area contributed by atoms with Crippen LogP contribution in [0.5, 0.6) is 17.2 Å². The minimum absolute atomic E-state index is 0.0675. The molecule has 8 heteroatoms. The second-order valence-corrected chi connectivity index (χ2v) is 10.5. The molecule has 2 aromatic carbocycles. The topological polar surface area (TPSA) is 88.5 Å². The quantitative estimate of drug-likeness (QED) is 0.150. The summed E-state index contributed by atoms with van der Waals surface area (Å²) in [5.41, 5.74) is 1.19. The number of benzene rings is 2. The van der Waals surface area contributed by atoms with Crippen molar-refractivity contribution in [3.63, 3.8) is 0 Å². The number of nitrogens with zero attached hydrogens (tertiary/aromatic N) is 2. The van der Waals surface area contributed by atoms with Crippen LogP contribution in [-0.2, 0) is 9.59 Å². The van der Waals surface area contributed by atoms with Crippen LogP contribution in [0.2, 0.25) is 0 Å². The molecule has 0 saturated carbocycles. The number of ether oxygens (including phenoxy) is 3. The van der Waals surface area contributed by atoms with Gasteiger partial charge >= 0.3 is 0 Å². The Morgan fingerprint density at radius 2 is 1.61 bits per heavy atom. The van der Waals surface area contributed by atoms with Gasteiger partial charge in [0.1, 0.15) is 11.5 Å². The predicted molar refractivity (Wildman–Crippen MR) is 162 cm³/mol. The maximum atomic E-state index is 13.5. The number of aliphatic hydroxyl groups is 1. The summed E-state index contributed by atoms with van der Waals surface area (Å²) in [6.07, 6.45) is 1.60. The van der Waals surface area contributed by atoms with Gasteiger partial charge in [0.2, 0.25) is 0 Å². The van der Waals surface area contributed by atoms with Crippen LogP contribution in [-0.4, -0.2) is 72.6 Å². The molecule has 0 bridgehead atoms. The van der Waals surface area contributed by atoms with Crippen molar-refractivity contribution in [2.24, 2.45) is 5.92 Å². The molecule has 1 atom stereocenters. The first-order valence-electron chi connectivity index (χ1n) is 14.9. The van der Waals surface area contributed by atoms with E-state index in [1.807, 2.05) is 32.0 Å². The van der Waals surface area contributed by atoms with Gasteiger partial charge in [0.05, 0.1) is 31.4 Å². The van der Waals surface area contributed by atoms with Gasteiger partial charge in [-0.05, 0) is 94.2 Å². The van der Waals surface area contributed by atoms with Crippen LogP contribution in [0.1, 0.15) is 71.6 Å². The number of ketones is 1. The lowest BCUT2D eigenvalue weighted by atomic mass is 9.95. The molecular weight excluding hydrogens is 520 g/mol. The molecule has 1 saturated heterocycles. The second kappa shape index (κ2) is 15.5. The van der Waals surface area contributed by atoms with Gasteiger partial charge in [0.25, 0.3) is 11.7 Å². The highest BCUT2D eigenvalue weighted by Crippen LogP contribution is 2.42. The Morgan fingerprint density at radius 1 is 0.927 bits per heavy atom. The summed E-state index contributed by atoms with van der Waals surface area (Å²) in [5.74, 6) is 0.801. The average molecular weight is 567 g/mol. The molecule has 8 nitrogen and oxygen atoms in total. The third kappa shape index (κ3) is 8.03. The molecule has 1 N–H and O–H groups in total.